The summed E-state index contributed by atoms with van der Waals surface area (Å²) in [7, 11) is 1.44. The summed E-state index contributed by atoms with van der Waals surface area (Å²) in [6.45, 7) is 3.83. The number of fused-ring (bicyclic) bond motifs is 1. The highest BCUT2D eigenvalue weighted by atomic mass is 16.7. The van der Waals surface area contributed by atoms with Gasteiger partial charge < -0.3 is 28.7 Å². The SMILES string of the molecule is CCN1C=CCC(C(=O)OCOC(=O)N(C)C(C)C(=O)c2ccc3c(c2)OCO3)=C1. The number of amides is 1. The van der Waals surface area contributed by atoms with E-state index in [0.717, 1.165) is 11.4 Å². The smallest absolute Gasteiger partial charge is 0.413 e. The Labute approximate surface area is 174 Å². The van der Waals surface area contributed by atoms with Gasteiger partial charge in [0.2, 0.25) is 13.6 Å². The lowest BCUT2D eigenvalue weighted by molar-refractivity contribution is -0.147. The van der Waals surface area contributed by atoms with Crippen molar-refractivity contribution in [1.82, 2.24) is 9.80 Å². The van der Waals surface area contributed by atoms with Crippen molar-refractivity contribution < 1.29 is 33.3 Å². The van der Waals surface area contributed by atoms with Gasteiger partial charge in [0.1, 0.15) is 0 Å². The standard InChI is InChI=1S/C21H24N2O7/c1-4-23-9-5-6-16(11-23)20(25)29-13-30-21(26)22(3)14(2)19(24)15-7-8-17-18(10-15)28-12-27-17/h5,7-11,14H,4,6,12-13H2,1-3H3. The molecule has 1 atom stereocenters. The Morgan fingerprint density at radius 1 is 1.20 bits per heavy atom. The fraction of sp³-hybridized carbons (Fsp3) is 0.381. The number of likely N-dealkylation sites (N-methyl/N-ethyl adjacent to an activating group) is 1. The number of ether oxygens (including phenoxy) is 4. The van der Waals surface area contributed by atoms with Crippen molar-refractivity contribution in [1.29, 1.82) is 0 Å². The van der Waals surface area contributed by atoms with Crippen molar-refractivity contribution >= 4 is 17.8 Å². The summed E-state index contributed by atoms with van der Waals surface area (Å²) < 4.78 is 20.5. The number of carbonyl (C=O) groups is 3. The molecule has 3 rings (SSSR count). The Morgan fingerprint density at radius 2 is 1.97 bits per heavy atom. The Kier molecular flexibility index (Phi) is 6.61. The second-order valence-corrected chi connectivity index (χ2v) is 6.75. The molecule has 0 N–H and O–H groups in total. The molecule has 9 nitrogen and oxygen atoms in total. The number of carbonyl (C=O) groups excluding carboxylic acids is 3. The number of hydrogen-bond acceptors (Lipinski definition) is 8. The van der Waals surface area contributed by atoms with E-state index >= 15 is 0 Å². The van der Waals surface area contributed by atoms with E-state index in [-0.39, 0.29) is 12.6 Å². The van der Waals surface area contributed by atoms with Gasteiger partial charge in [-0.1, -0.05) is 6.08 Å². The van der Waals surface area contributed by atoms with Crippen LogP contribution in [0.2, 0.25) is 0 Å². The van der Waals surface area contributed by atoms with E-state index in [4.69, 9.17) is 18.9 Å². The van der Waals surface area contributed by atoms with Crippen molar-refractivity contribution in [2.24, 2.45) is 0 Å². The fourth-order valence-electron chi connectivity index (χ4n) is 2.90. The summed E-state index contributed by atoms with van der Waals surface area (Å²) in [6, 6.07) is 4.04. The lowest BCUT2D eigenvalue weighted by atomic mass is 10.0. The zero-order chi connectivity index (χ0) is 21.7. The highest BCUT2D eigenvalue weighted by Crippen LogP contribution is 2.33. The molecule has 1 amide bonds. The van der Waals surface area contributed by atoms with Crippen LogP contribution in [0.25, 0.3) is 0 Å². The van der Waals surface area contributed by atoms with Crippen LogP contribution in [-0.2, 0) is 14.3 Å². The van der Waals surface area contributed by atoms with E-state index in [9.17, 15) is 14.4 Å². The first kappa shape index (κ1) is 21.2. The van der Waals surface area contributed by atoms with Gasteiger partial charge in [-0.25, -0.2) is 9.59 Å². The number of ketones is 1. The van der Waals surface area contributed by atoms with Crippen LogP contribution >= 0.6 is 0 Å². The second-order valence-electron chi connectivity index (χ2n) is 6.75. The van der Waals surface area contributed by atoms with E-state index < -0.39 is 24.9 Å². The van der Waals surface area contributed by atoms with E-state index in [1.807, 2.05) is 24.1 Å². The van der Waals surface area contributed by atoms with Gasteiger partial charge in [-0.2, -0.15) is 0 Å². The maximum Gasteiger partial charge on any atom is 0.413 e. The minimum Gasteiger partial charge on any atom is -0.454 e. The van der Waals surface area contributed by atoms with Gasteiger partial charge in [-0.15, -0.1) is 0 Å². The third-order valence-electron chi connectivity index (χ3n) is 4.86. The molecule has 1 aromatic carbocycles. The minimum absolute atomic E-state index is 0.108. The molecule has 1 aromatic rings. The molecule has 0 bridgehead atoms. The molecular weight excluding hydrogens is 392 g/mol. The van der Waals surface area contributed by atoms with Gasteiger partial charge >= 0.3 is 12.1 Å². The molecule has 0 saturated carbocycles. The molecule has 2 aliphatic rings. The van der Waals surface area contributed by atoms with E-state index in [1.165, 1.54) is 7.05 Å². The molecular formula is C21H24N2O7. The first-order valence-electron chi connectivity index (χ1n) is 9.54. The largest absolute Gasteiger partial charge is 0.454 e. The molecule has 0 aromatic heterocycles. The summed E-state index contributed by atoms with van der Waals surface area (Å²) in [6.07, 6.45) is 5.09. The van der Waals surface area contributed by atoms with Gasteiger partial charge in [-0.3, -0.25) is 4.79 Å². The molecule has 0 aliphatic carbocycles. The number of benzene rings is 1. The number of hydrogen-bond donors (Lipinski definition) is 0. The van der Waals surface area contributed by atoms with Crippen molar-refractivity contribution in [3.8, 4) is 11.5 Å². The molecule has 1 unspecified atom stereocenters. The predicted octanol–water partition coefficient (Wildman–Crippen LogP) is 2.68. The Morgan fingerprint density at radius 3 is 2.73 bits per heavy atom. The maximum absolute atomic E-state index is 12.7. The summed E-state index contributed by atoms with van der Waals surface area (Å²) in [4.78, 5) is 40.0. The van der Waals surface area contributed by atoms with Gasteiger partial charge in [0, 0.05) is 31.8 Å². The van der Waals surface area contributed by atoms with E-state index in [2.05, 4.69) is 0 Å². The molecule has 0 radical (unpaired) electrons. The highest BCUT2D eigenvalue weighted by molar-refractivity contribution is 6.01. The molecule has 160 valence electrons. The van der Waals surface area contributed by atoms with E-state index in [0.29, 0.717) is 29.1 Å². The van der Waals surface area contributed by atoms with Crippen LogP contribution in [0.4, 0.5) is 4.79 Å². The molecule has 0 fully saturated rings. The van der Waals surface area contributed by atoms with Gasteiger partial charge in [-0.05, 0) is 38.2 Å². The van der Waals surface area contributed by atoms with Gasteiger partial charge in [0.05, 0.1) is 11.6 Å². The summed E-state index contributed by atoms with van der Waals surface area (Å²) in [5.41, 5.74) is 0.853. The average Bonchev–Trinajstić information content (AvgIpc) is 3.25. The zero-order valence-corrected chi connectivity index (χ0v) is 17.1. The van der Waals surface area contributed by atoms with E-state index in [1.54, 1.807) is 31.3 Å². The summed E-state index contributed by atoms with van der Waals surface area (Å²) in [5, 5.41) is 0. The van der Waals surface area contributed by atoms with Crippen LogP contribution < -0.4 is 9.47 Å². The normalized spacial score (nSPS) is 15.3. The third-order valence-corrected chi connectivity index (χ3v) is 4.86. The number of allylic oxidation sites excluding steroid dienone is 1. The van der Waals surface area contributed by atoms with Gasteiger partial charge in [0.25, 0.3) is 0 Å². The Bertz CT molecular complexity index is 893. The maximum atomic E-state index is 12.7. The Hall–Kier alpha value is -3.49. The van der Waals surface area contributed by atoms with Crippen molar-refractivity contribution in [2.45, 2.75) is 26.3 Å². The monoisotopic (exact) mass is 416 g/mol. The molecule has 0 saturated heterocycles. The molecule has 30 heavy (non-hydrogen) atoms. The van der Waals surface area contributed by atoms with Crippen LogP contribution in [0.3, 0.4) is 0 Å². The molecule has 2 aliphatic heterocycles. The Balaban J connectivity index is 1.49. The van der Waals surface area contributed by atoms with Crippen LogP contribution in [-0.4, -0.2) is 60.9 Å². The average molecular weight is 416 g/mol. The van der Waals surface area contributed by atoms with Crippen LogP contribution in [0.5, 0.6) is 11.5 Å². The number of esters is 1. The summed E-state index contributed by atoms with van der Waals surface area (Å²) in [5.74, 6) is 0.208. The quantitative estimate of drug-likeness (QED) is 0.380. The fourth-order valence-corrected chi connectivity index (χ4v) is 2.90. The molecule has 9 heteroatoms. The van der Waals surface area contributed by atoms with Crippen LogP contribution in [0.15, 0.2) is 42.2 Å². The minimum atomic E-state index is -0.794. The first-order valence-corrected chi connectivity index (χ1v) is 9.54. The number of nitrogens with zero attached hydrogens (tertiary/aromatic N) is 2. The lowest BCUT2D eigenvalue weighted by Crippen LogP contribution is -2.41. The van der Waals surface area contributed by atoms with Crippen LogP contribution in [0, 0.1) is 0 Å². The molecule has 2 heterocycles. The van der Waals surface area contributed by atoms with Crippen molar-refractivity contribution in [2.75, 3.05) is 27.2 Å². The topological polar surface area (TPSA) is 94.6 Å². The first-order chi connectivity index (χ1) is 14.4. The van der Waals surface area contributed by atoms with Crippen molar-refractivity contribution in [3.63, 3.8) is 0 Å². The van der Waals surface area contributed by atoms with Crippen molar-refractivity contribution in [3.05, 3.63) is 47.8 Å². The molecule has 0 spiro atoms. The second kappa shape index (κ2) is 9.34. The number of Topliss-reactive ketones (excluding diaryl/α,β-unsaturated/α-hetero) is 1. The highest BCUT2D eigenvalue weighted by Gasteiger charge is 2.26. The third kappa shape index (κ3) is 4.73. The predicted molar refractivity (Wildman–Crippen MR) is 106 cm³/mol. The lowest BCUT2D eigenvalue weighted by Gasteiger charge is -2.23. The van der Waals surface area contributed by atoms with Gasteiger partial charge in [0.15, 0.2) is 17.3 Å². The summed E-state index contributed by atoms with van der Waals surface area (Å²) >= 11 is 0. The van der Waals surface area contributed by atoms with Crippen LogP contribution in [0.1, 0.15) is 30.6 Å². The number of rotatable bonds is 7. The zero-order valence-electron chi connectivity index (χ0n) is 17.1.